The zero-order chi connectivity index (χ0) is 26.0. The van der Waals surface area contributed by atoms with E-state index < -0.39 is 47.7 Å². The number of anilines is 2. The number of para-hydroxylation sites is 1. The van der Waals surface area contributed by atoms with Gasteiger partial charge in [0, 0.05) is 32.3 Å². The molecule has 0 unspecified atom stereocenters. The van der Waals surface area contributed by atoms with Gasteiger partial charge in [0.05, 0.1) is 24.0 Å². The number of alkyl halides is 3. The molecule has 12 heteroatoms. The molecule has 0 saturated carbocycles. The number of aliphatic hydroxyl groups is 1. The van der Waals surface area contributed by atoms with Crippen molar-refractivity contribution in [3.8, 4) is 0 Å². The van der Waals surface area contributed by atoms with Crippen LogP contribution < -0.4 is 15.5 Å². The van der Waals surface area contributed by atoms with E-state index in [0.717, 1.165) is 23.1 Å². The van der Waals surface area contributed by atoms with E-state index in [-0.39, 0.29) is 38.1 Å². The highest BCUT2D eigenvalue weighted by Crippen LogP contribution is 2.49. The Labute approximate surface area is 211 Å². The smallest absolute Gasteiger partial charge is 0.375 e. The second-order valence-corrected chi connectivity index (χ2v) is 9.22. The molecule has 3 N–H and O–H groups in total. The Bertz CT molecular complexity index is 1430. The van der Waals surface area contributed by atoms with Gasteiger partial charge in [-0.25, -0.2) is 9.18 Å². The molecule has 3 aromatic rings. The number of rotatable bonds is 2. The van der Waals surface area contributed by atoms with Gasteiger partial charge in [-0.3, -0.25) is 9.69 Å². The lowest BCUT2D eigenvalue weighted by molar-refractivity contribution is -0.258. The van der Waals surface area contributed by atoms with Crippen molar-refractivity contribution in [3.63, 3.8) is 0 Å². The van der Waals surface area contributed by atoms with E-state index in [1.165, 1.54) is 36.4 Å². The molecule has 0 bridgehead atoms. The minimum absolute atomic E-state index is 0.00566. The molecular formula is C24H15Cl2F4N3O3. The van der Waals surface area contributed by atoms with Gasteiger partial charge in [-0.1, -0.05) is 41.4 Å². The molecular weight excluding hydrogens is 525 g/mol. The molecule has 2 aliphatic rings. The van der Waals surface area contributed by atoms with Crippen molar-refractivity contribution in [2.24, 2.45) is 0 Å². The summed E-state index contributed by atoms with van der Waals surface area (Å²) in [6.45, 7) is -1.08. The topological polar surface area (TPSA) is 81.7 Å². The summed E-state index contributed by atoms with van der Waals surface area (Å²) in [6, 6.07) is 9.40. The Morgan fingerprint density at radius 2 is 1.86 bits per heavy atom. The molecule has 5 rings (SSSR count). The van der Waals surface area contributed by atoms with Crippen LogP contribution in [-0.4, -0.2) is 29.8 Å². The van der Waals surface area contributed by atoms with Crippen LogP contribution >= 0.6 is 23.2 Å². The number of hydrogen-bond acceptors (Lipinski definition) is 3. The van der Waals surface area contributed by atoms with Crippen molar-refractivity contribution in [2.45, 2.75) is 17.8 Å². The standard InChI is InChI=1S/C24H15Cl2F4N3O3/c25-11-7-14-19(20(32-21(14)34)13-9-12(27)5-6-16(13)26)17(8-11)31-22(35)33-10-23(36,24(28,29)30)15-3-1-2-4-18(15)33/h1-9,20,36H,10H2,(H,31,35)(H,32,34)/t20-,23-/m0/s1. The Kier molecular flexibility index (Phi) is 5.66. The lowest BCUT2D eigenvalue weighted by atomic mass is 9.96. The van der Waals surface area contributed by atoms with Crippen LogP contribution in [0.1, 0.15) is 33.1 Å². The van der Waals surface area contributed by atoms with E-state index >= 15 is 0 Å². The lowest BCUT2D eigenvalue weighted by Gasteiger charge is -2.27. The molecule has 6 nitrogen and oxygen atoms in total. The Hall–Kier alpha value is -3.34. The normalized spacial score (nSPS) is 20.7. The molecule has 0 spiro atoms. The summed E-state index contributed by atoms with van der Waals surface area (Å²) in [7, 11) is 0. The van der Waals surface area contributed by atoms with E-state index in [0.29, 0.717) is 0 Å². The average molecular weight is 540 g/mol. The number of β-amino-alcohol motifs (C(OH)–C–C–N with tert-alkyl or cyclic N) is 1. The molecule has 0 radical (unpaired) electrons. The number of amides is 3. The first kappa shape index (κ1) is 24.4. The maximum Gasteiger partial charge on any atom is 0.423 e. The summed E-state index contributed by atoms with van der Waals surface area (Å²) in [5.41, 5.74) is -3.37. The van der Waals surface area contributed by atoms with Gasteiger partial charge in [0.2, 0.25) is 5.60 Å². The predicted octanol–water partition coefficient (Wildman–Crippen LogP) is 5.77. The summed E-state index contributed by atoms with van der Waals surface area (Å²) in [6.07, 6.45) is -5.05. The first-order valence-corrected chi connectivity index (χ1v) is 11.2. The number of carbonyl (C=O) groups excluding carboxylic acids is 2. The fourth-order valence-corrected chi connectivity index (χ4v) is 4.98. The van der Waals surface area contributed by atoms with Crippen LogP contribution in [0.3, 0.4) is 0 Å². The molecule has 0 saturated heterocycles. The molecule has 0 fully saturated rings. The minimum atomic E-state index is -5.05. The van der Waals surface area contributed by atoms with Crippen LogP contribution in [0.25, 0.3) is 0 Å². The lowest BCUT2D eigenvalue weighted by Crippen LogP contribution is -2.48. The highest BCUT2D eigenvalue weighted by molar-refractivity contribution is 6.32. The Balaban J connectivity index is 1.56. The number of benzene rings is 3. The van der Waals surface area contributed by atoms with Gasteiger partial charge >= 0.3 is 12.2 Å². The fraction of sp³-hybridized carbons (Fsp3) is 0.167. The largest absolute Gasteiger partial charge is 0.423 e. The molecule has 3 amide bonds. The van der Waals surface area contributed by atoms with Crippen LogP contribution in [0.5, 0.6) is 0 Å². The van der Waals surface area contributed by atoms with Gasteiger partial charge in [-0.05, 0) is 36.4 Å². The van der Waals surface area contributed by atoms with Crippen LogP contribution in [0.4, 0.5) is 33.7 Å². The number of nitrogens with zero attached hydrogens (tertiary/aromatic N) is 1. The number of fused-ring (bicyclic) bond motifs is 2. The maximum absolute atomic E-state index is 14.0. The monoisotopic (exact) mass is 539 g/mol. The Morgan fingerprint density at radius 3 is 2.58 bits per heavy atom. The van der Waals surface area contributed by atoms with Gasteiger partial charge < -0.3 is 15.7 Å². The van der Waals surface area contributed by atoms with Crippen LogP contribution in [0.2, 0.25) is 10.0 Å². The number of urea groups is 1. The van der Waals surface area contributed by atoms with Gasteiger partial charge in [0.1, 0.15) is 5.82 Å². The molecule has 186 valence electrons. The summed E-state index contributed by atoms with van der Waals surface area (Å²) in [4.78, 5) is 26.7. The molecule has 0 aliphatic carbocycles. The average Bonchev–Trinajstić information content (AvgIpc) is 3.31. The number of carbonyl (C=O) groups is 2. The number of halogens is 6. The van der Waals surface area contributed by atoms with Crippen molar-refractivity contribution in [1.29, 1.82) is 0 Å². The van der Waals surface area contributed by atoms with Gasteiger partial charge in [0.15, 0.2) is 0 Å². The third-order valence-corrected chi connectivity index (χ3v) is 6.77. The van der Waals surface area contributed by atoms with Gasteiger partial charge in [0.25, 0.3) is 5.91 Å². The highest BCUT2D eigenvalue weighted by atomic mass is 35.5. The number of nitrogens with one attached hydrogen (secondary N) is 2. The second-order valence-electron chi connectivity index (χ2n) is 8.38. The first-order valence-electron chi connectivity index (χ1n) is 10.5. The molecule has 36 heavy (non-hydrogen) atoms. The molecule has 2 atom stereocenters. The summed E-state index contributed by atoms with van der Waals surface area (Å²) in [5, 5.41) is 15.9. The van der Waals surface area contributed by atoms with Crippen molar-refractivity contribution in [1.82, 2.24) is 5.32 Å². The van der Waals surface area contributed by atoms with Gasteiger partial charge in [-0.15, -0.1) is 0 Å². The van der Waals surface area contributed by atoms with E-state index in [1.807, 2.05) is 0 Å². The van der Waals surface area contributed by atoms with E-state index in [1.54, 1.807) is 0 Å². The van der Waals surface area contributed by atoms with E-state index in [2.05, 4.69) is 10.6 Å². The molecule has 2 aliphatic heterocycles. The van der Waals surface area contributed by atoms with Gasteiger partial charge in [-0.2, -0.15) is 13.2 Å². The van der Waals surface area contributed by atoms with Crippen LogP contribution in [-0.2, 0) is 5.60 Å². The zero-order valence-corrected chi connectivity index (χ0v) is 19.5. The minimum Gasteiger partial charge on any atom is -0.375 e. The SMILES string of the molecule is O=C1N[C@@H](c2cc(F)ccc2Cl)c2c(NC(=O)N3C[C@@](O)(C(F)(F)F)c4ccccc43)cc(Cl)cc21. The maximum atomic E-state index is 14.0. The van der Waals surface area contributed by atoms with Crippen LogP contribution in [0, 0.1) is 5.82 Å². The molecule has 0 aromatic heterocycles. The summed E-state index contributed by atoms with van der Waals surface area (Å²) < 4.78 is 55.3. The molecule has 2 heterocycles. The summed E-state index contributed by atoms with van der Waals surface area (Å²) in [5.74, 6) is -1.18. The summed E-state index contributed by atoms with van der Waals surface area (Å²) >= 11 is 12.4. The predicted molar refractivity (Wildman–Crippen MR) is 125 cm³/mol. The zero-order valence-electron chi connectivity index (χ0n) is 18.0. The van der Waals surface area contributed by atoms with Crippen molar-refractivity contribution in [2.75, 3.05) is 16.8 Å². The van der Waals surface area contributed by atoms with Crippen molar-refractivity contribution >= 4 is 46.5 Å². The highest BCUT2D eigenvalue weighted by Gasteiger charge is 2.61. The van der Waals surface area contributed by atoms with Crippen molar-refractivity contribution < 1.29 is 32.3 Å². The van der Waals surface area contributed by atoms with Crippen molar-refractivity contribution in [3.05, 3.63) is 92.7 Å². The quantitative estimate of drug-likeness (QED) is 0.362. The molecule has 3 aromatic carbocycles. The fourth-order valence-electron chi connectivity index (χ4n) is 4.53. The second kappa shape index (κ2) is 8.36. The third kappa shape index (κ3) is 3.76. The first-order chi connectivity index (χ1) is 16.9. The van der Waals surface area contributed by atoms with E-state index in [4.69, 9.17) is 23.2 Å². The van der Waals surface area contributed by atoms with E-state index in [9.17, 15) is 32.3 Å². The number of hydrogen-bond donors (Lipinski definition) is 3. The van der Waals surface area contributed by atoms with Crippen LogP contribution in [0.15, 0.2) is 54.6 Å². The Morgan fingerprint density at radius 1 is 1.14 bits per heavy atom. The third-order valence-electron chi connectivity index (χ3n) is 6.21.